The minimum absolute atomic E-state index is 0.00666. The van der Waals surface area contributed by atoms with Gasteiger partial charge in [-0.2, -0.15) is 10.2 Å². The predicted molar refractivity (Wildman–Crippen MR) is 74.6 cm³/mol. The van der Waals surface area contributed by atoms with Gasteiger partial charge in [0.2, 0.25) is 5.82 Å². The molecule has 0 atom stereocenters. The van der Waals surface area contributed by atoms with Crippen LogP contribution in [0.5, 0.6) is 0 Å². The molecule has 0 fully saturated rings. The summed E-state index contributed by atoms with van der Waals surface area (Å²) in [6, 6.07) is 0. The number of aromatic nitrogens is 4. The highest BCUT2D eigenvalue weighted by molar-refractivity contribution is 5.60. The van der Waals surface area contributed by atoms with Gasteiger partial charge in [-0.25, -0.2) is 4.68 Å². The van der Waals surface area contributed by atoms with Crippen LogP contribution >= 0.6 is 0 Å². The number of nitrogens with zero attached hydrogens (tertiary/aromatic N) is 4. The van der Waals surface area contributed by atoms with Gasteiger partial charge < -0.3 is 5.32 Å². The first-order valence-electron chi connectivity index (χ1n) is 6.35. The summed E-state index contributed by atoms with van der Waals surface area (Å²) in [5.74, 6) is 0.409. The van der Waals surface area contributed by atoms with Crippen LogP contribution in [0.2, 0.25) is 0 Å². The summed E-state index contributed by atoms with van der Waals surface area (Å²) in [6.07, 6.45) is 1.70. The number of rotatable bonds is 5. The van der Waals surface area contributed by atoms with Gasteiger partial charge in [0.1, 0.15) is 5.69 Å². The molecule has 0 saturated carbocycles. The van der Waals surface area contributed by atoms with Crippen molar-refractivity contribution >= 4 is 11.5 Å². The normalized spacial score (nSPS) is 11.1. The molecule has 0 unspecified atom stereocenters. The van der Waals surface area contributed by atoms with Crippen molar-refractivity contribution in [2.45, 2.75) is 33.2 Å². The molecule has 0 bridgehead atoms. The third-order valence-corrected chi connectivity index (χ3v) is 3.16. The molecule has 108 valence electrons. The van der Waals surface area contributed by atoms with E-state index in [1.807, 2.05) is 20.8 Å². The van der Waals surface area contributed by atoms with Crippen LogP contribution in [0.4, 0.5) is 11.5 Å². The summed E-state index contributed by atoms with van der Waals surface area (Å²) in [6.45, 7) is 6.14. The van der Waals surface area contributed by atoms with E-state index >= 15 is 0 Å². The average Bonchev–Trinajstić information content (AvgIpc) is 2.90. The molecule has 0 aliphatic rings. The number of H-pyrrole nitrogens is 1. The maximum Gasteiger partial charge on any atom is 0.334 e. The highest BCUT2D eigenvalue weighted by Crippen LogP contribution is 2.33. The zero-order valence-corrected chi connectivity index (χ0v) is 12.0. The van der Waals surface area contributed by atoms with Crippen LogP contribution in [-0.2, 0) is 13.6 Å². The van der Waals surface area contributed by atoms with Crippen molar-refractivity contribution in [1.29, 1.82) is 0 Å². The Morgan fingerprint density at radius 3 is 2.75 bits per heavy atom. The van der Waals surface area contributed by atoms with E-state index in [2.05, 4.69) is 20.6 Å². The number of aryl methyl sites for hydroxylation is 2. The maximum absolute atomic E-state index is 11.3. The lowest BCUT2D eigenvalue weighted by molar-refractivity contribution is -0.384. The zero-order chi connectivity index (χ0) is 14.9. The van der Waals surface area contributed by atoms with Gasteiger partial charge in [0.15, 0.2) is 0 Å². The predicted octanol–water partition coefficient (Wildman–Crippen LogP) is 2.10. The largest absolute Gasteiger partial charge is 0.360 e. The van der Waals surface area contributed by atoms with Gasteiger partial charge in [0.05, 0.1) is 11.1 Å². The third kappa shape index (κ3) is 2.49. The van der Waals surface area contributed by atoms with Crippen molar-refractivity contribution in [2.75, 3.05) is 5.32 Å². The Hall–Kier alpha value is -2.38. The summed E-state index contributed by atoms with van der Waals surface area (Å²) in [4.78, 5) is 10.9. The quantitative estimate of drug-likeness (QED) is 0.644. The molecule has 2 aromatic rings. The molecule has 8 heteroatoms. The van der Waals surface area contributed by atoms with E-state index in [4.69, 9.17) is 0 Å². The Kier molecular flexibility index (Phi) is 3.73. The maximum atomic E-state index is 11.3. The zero-order valence-electron chi connectivity index (χ0n) is 12.0. The number of nitrogens with one attached hydrogen (secondary N) is 2. The molecule has 0 saturated heterocycles. The standard InChI is InChI=1S/C12H18N6O2/c1-7(2)10-11(18(19)20)12(17(4)16-10)13-5-9-6-14-15-8(9)3/h6-7,13H,5H2,1-4H3,(H,14,15). The number of aromatic amines is 1. The number of nitro groups is 1. The van der Waals surface area contributed by atoms with Crippen LogP contribution in [0.15, 0.2) is 6.20 Å². The van der Waals surface area contributed by atoms with Crippen molar-refractivity contribution in [2.24, 2.45) is 7.05 Å². The van der Waals surface area contributed by atoms with E-state index < -0.39 is 0 Å². The van der Waals surface area contributed by atoms with Crippen molar-refractivity contribution in [3.05, 3.63) is 33.3 Å². The van der Waals surface area contributed by atoms with Gasteiger partial charge in [-0.05, 0) is 6.92 Å². The first kappa shape index (κ1) is 14.0. The molecule has 0 aliphatic heterocycles. The van der Waals surface area contributed by atoms with Crippen molar-refractivity contribution in [3.63, 3.8) is 0 Å². The summed E-state index contributed by atoms with van der Waals surface area (Å²) in [5.41, 5.74) is 2.44. The van der Waals surface area contributed by atoms with E-state index in [0.717, 1.165) is 11.3 Å². The second-order valence-electron chi connectivity index (χ2n) is 4.99. The number of hydrogen-bond acceptors (Lipinski definition) is 5. The third-order valence-electron chi connectivity index (χ3n) is 3.16. The molecule has 0 aliphatic carbocycles. The van der Waals surface area contributed by atoms with Crippen molar-refractivity contribution in [3.8, 4) is 0 Å². The molecule has 2 N–H and O–H groups in total. The van der Waals surface area contributed by atoms with Gasteiger partial charge in [-0.3, -0.25) is 15.2 Å². The van der Waals surface area contributed by atoms with Crippen molar-refractivity contribution in [1.82, 2.24) is 20.0 Å². The van der Waals surface area contributed by atoms with Gasteiger partial charge >= 0.3 is 5.69 Å². The molecule has 0 spiro atoms. The molecule has 2 heterocycles. The van der Waals surface area contributed by atoms with Crippen molar-refractivity contribution < 1.29 is 4.92 Å². The summed E-state index contributed by atoms with van der Waals surface area (Å²) < 4.78 is 1.52. The molecular formula is C12H18N6O2. The highest BCUT2D eigenvalue weighted by atomic mass is 16.6. The molecule has 8 nitrogen and oxygen atoms in total. The Balaban J connectivity index is 2.31. The lowest BCUT2D eigenvalue weighted by Gasteiger charge is -2.05. The fourth-order valence-electron chi connectivity index (χ4n) is 2.03. The number of hydrogen-bond donors (Lipinski definition) is 2. The van der Waals surface area contributed by atoms with Gasteiger partial charge in [-0.15, -0.1) is 0 Å². The smallest absolute Gasteiger partial charge is 0.334 e. The molecule has 0 aromatic carbocycles. The average molecular weight is 278 g/mol. The van der Waals surface area contributed by atoms with Gasteiger partial charge in [0, 0.05) is 30.8 Å². The fraction of sp³-hybridized carbons (Fsp3) is 0.500. The van der Waals surface area contributed by atoms with Crippen LogP contribution in [0.1, 0.15) is 36.7 Å². The Morgan fingerprint density at radius 2 is 2.25 bits per heavy atom. The van der Waals surface area contributed by atoms with Crippen LogP contribution in [0.3, 0.4) is 0 Å². The minimum Gasteiger partial charge on any atom is -0.360 e. The number of anilines is 1. The van der Waals surface area contributed by atoms with Gasteiger partial charge in [0.25, 0.3) is 0 Å². The summed E-state index contributed by atoms with van der Waals surface area (Å²) in [7, 11) is 1.70. The molecule has 2 rings (SSSR count). The van der Waals surface area contributed by atoms with Crippen LogP contribution in [0, 0.1) is 17.0 Å². The monoisotopic (exact) mass is 278 g/mol. The Morgan fingerprint density at radius 1 is 1.55 bits per heavy atom. The Labute approximate surface area is 116 Å². The SMILES string of the molecule is Cc1[nH]ncc1CNc1c([N+](=O)[O-])c(C(C)C)nn1C. The topological polar surface area (TPSA) is 102 Å². The van der Waals surface area contributed by atoms with E-state index in [-0.39, 0.29) is 16.5 Å². The summed E-state index contributed by atoms with van der Waals surface area (Å²) in [5, 5.41) is 25.4. The highest BCUT2D eigenvalue weighted by Gasteiger charge is 2.28. The van der Waals surface area contributed by atoms with E-state index in [9.17, 15) is 10.1 Å². The molecule has 0 amide bonds. The molecule has 20 heavy (non-hydrogen) atoms. The minimum atomic E-state index is -0.382. The first-order valence-corrected chi connectivity index (χ1v) is 6.35. The van der Waals surface area contributed by atoms with Crippen LogP contribution in [-0.4, -0.2) is 24.9 Å². The Bertz CT molecular complexity index is 628. The van der Waals surface area contributed by atoms with Crippen LogP contribution in [0.25, 0.3) is 0 Å². The molecule has 0 radical (unpaired) electrons. The second kappa shape index (κ2) is 5.32. The first-order chi connectivity index (χ1) is 9.41. The lowest BCUT2D eigenvalue weighted by atomic mass is 10.1. The second-order valence-corrected chi connectivity index (χ2v) is 4.99. The fourth-order valence-corrected chi connectivity index (χ4v) is 2.03. The summed E-state index contributed by atoms with van der Waals surface area (Å²) >= 11 is 0. The molecule has 2 aromatic heterocycles. The lowest BCUT2D eigenvalue weighted by Crippen LogP contribution is -2.06. The van der Waals surface area contributed by atoms with E-state index in [1.165, 1.54) is 4.68 Å². The van der Waals surface area contributed by atoms with E-state index in [0.29, 0.717) is 18.1 Å². The molecular weight excluding hydrogens is 260 g/mol. The van der Waals surface area contributed by atoms with E-state index in [1.54, 1.807) is 13.2 Å². The van der Waals surface area contributed by atoms with Crippen LogP contribution < -0.4 is 5.32 Å². The van der Waals surface area contributed by atoms with Gasteiger partial charge in [-0.1, -0.05) is 13.8 Å².